The van der Waals surface area contributed by atoms with E-state index in [0.717, 1.165) is 26.5 Å². The van der Waals surface area contributed by atoms with Crippen LogP contribution in [0.5, 0.6) is 0 Å². The normalized spacial score (nSPS) is 11.8. The number of rotatable bonds is 5. The van der Waals surface area contributed by atoms with Crippen molar-refractivity contribution in [2.75, 3.05) is 0 Å². The molecule has 0 aromatic heterocycles. The molecular formula is C28H29NS. The van der Waals surface area contributed by atoms with E-state index >= 15 is 0 Å². The maximum atomic E-state index is 9.82. The van der Waals surface area contributed by atoms with E-state index in [-0.39, 0.29) is 5.41 Å². The van der Waals surface area contributed by atoms with Gasteiger partial charge < -0.3 is 0 Å². The smallest absolute Gasteiger partial charge is 0.101 e. The van der Waals surface area contributed by atoms with E-state index in [9.17, 15) is 5.26 Å². The summed E-state index contributed by atoms with van der Waals surface area (Å²) < 4.78 is 0. The lowest BCUT2D eigenvalue weighted by atomic mass is 9.87. The number of nitriles is 1. The van der Waals surface area contributed by atoms with Gasteiger partial charge >= 0.3 is 0 Å². The predicted octanol–water partition coefficient (Wildman–Crippen LogP) is 8.30. The van der Waals surface area contributed by atoms with Gasteiger partial charge in [0.15, 0.2) is 0 Å². The minimum absolute atomic E-state index is 0.148. The van der Waals surface area contributed by atoms with Crippen molar-refractivity contribution in [1.29, 1.82) is 5.26 Å². The number of hydrogen-bond donors (Lipinski definition) is 0. The van der Waals surface area contributed by atoms with E-state index in [0.29, 0.717) is 5.92 Å². The summed E-state index contributed by atoms with van der Waals surface area (Å²) in [6.45, 7) is 11.1. The van der Waals surface area contributed by atoms with Crippen LogP contribution in [0.4, 0.5) is 0 Å². The van der Waals surface area contributed by atoms with Gasteiger partial charge in [-0.2, -0.15) is 5.26 Å². The van der Waals surface area contributed by atoms with E-state index in [2.05, 4.69) is 95.3 Å². The van der Waals surface area contributed by atoms with Crippen molar-refractivity contribution < 1.29 is 0 Å². The Morgan fingerprint density at radius 2 is 1.53 bits per heavy atom. The lowest BCUT2D eigenvalue weighted by molar-refractivity contribution is 0.590. The number of hydrogen-bond acceptors (Lipinski definition) is 2. The van der Waals surface area contributed by atoms with Crippen LogP contribution in [0, 0.1) is 11.3 Å². The molecule has 0 N–H and O–H groups in total. The highest BCUT2D eigenvalue weighted by Crippen LogP contribution is 2.33. The van der Waals surface area contributed by atoms with Gasteiger partial charge in [0, 0.05) is 9.79 Å². The fourth-order valence-electron chi connectivity index (χ4n) is 3.22. The summed E-state index contributed by atoms with van der Waals surface area (Å²) in [7, 11) is 0. The third-order valence-corrected chi connectivity index (χ3v) is 6.24. The Morgan fingerprint density at radius 3 is 2.10 bits per heavy atom. The maximum Gasteiger partial charge on any atom is 0.101 e. The first-order chi connectivity index (χ1) is 14.3. The summed E-state index contributed by atoms with van der Waals surface area (Å²) in [5, 5.41) is 9.82. The molecule has 0 amide bonds. The van der Waals surface area contributed by atoms with Crippen molar-refractivity contribution in [2.24, 2.45) is 0 Å². The highest BCUT2D eigenvalue weighted by atomic mass is 32.2. The Hall–Kier alpha value is -2.76. The highest BCUT2D eigenvalue weighted by molar-refractivity contribution is 7.99. The second kappa shape index (κ2) is 9.37. The van der Waals surface area contributed by atoms with E-state index in [1.807, 2.05) is 24.3 Å². The molecule has 1 nitrogen and oxygen atoms in total. The molecule has 30 heavy (non-hydrogen) atoms. The molecule has 152 valence electrons. The predicted molar refractivity (Wildman–Crippen MR) is 130 cm³/mol. The summed E-state index contributed by atoms with van der Waals surface area (Å²) in [5.74, 6) is 0.518. The van der Waals surface area contributed by atoms with Crippen LogP contribution in [0.2, 0.25) is 0 Å². The lowest BCUT2D eigenvalue weighted by Crippen LogP contribution is -2.10. The summed E-state index contributed by atoms with van der Waals surface area (Å²) in [5.41, 5.74) is 5.59. The maximum absolute atomic E-state index is 9.82. The highest BCUT2D eigenvalue weighted by Gasteiger charge is 2.12. The molecule has 3 rings (SSSR count). The Balaban J connectivity index is 1.83. The molecule has 0 unspecified atom stereocenters. The third-order valence-electron chi connectivity index (χ3n) is 5.18. The van der Waals surface area contributed by atoms with E-state index in [1.54, 1.807) is 11.8 Å². The zero-order chi connectivity index (χ0) is 21.7. The van der Waals surface area contributed by atoms with Crippen molar-refractivity contribution in [2.45, 2.75) is 55.7 Å². The second-order valence-electron chi connectivity index (χ2n) is 8.86. The SMILES string of the molecule is CC(C)c1ccc(Sc2cccc(C=Cc3ccc(C(C)(C)C)cc3)c2C#N)cc1. The molecule has 0 aliphatic heterocycles. The molecule has 0 radical (unpaired) electrons. The van der Waals surface area contributed by atoms with Crippen LogP contribution in [-0.2, 0) is 5.41 Å². The molecule has 0 aliphatic carbocycles. The molecule has 0 saturated carbocycles. The minimum atomic E-state index is 0.148. The van der Waals surface area contributed by atoms with Gasteiger partial charge in [0.25, 0.3) is 0 Å². The molecule has 0 atom stereocenters. The lowest BCUT2D eigenvalue weighted by Gasteiger charge is -2.18. The van der Waals surface area contributed by atoms with Crippen molar-refractivity contribution in [3.05, 3.63) is 94.5 Å². The molecule has 3 aromatic rings. The van der Waals surface area contributed by atoms with Gasteiger partial charge in [-0.1, -0.05) is 107 Å². The van der Waals surface area contributed by atoms with Gasteiger partial charge in [0.05, 0.1) is 5.56 Å². The van der Waals surface area contributed by atoms with Crippen molar-refractivity contribution in [3.63, 3.8) is 0 Å². The quantitative estimate of drug-likeness (QED) is 0.394. The van der Waals surface area contributed by atoms with Crippen LogP contribution in [0.1, 0.15) is 68.4 Å². The van der Waals surface area contributed by atoms with E-state index in [1.165, 1.54) is 11.1 Å². The summed E-state index contributed by atoms with van der Waals surface area (Å²) in [4.78, 5) is 2.13. The second-order valence-corrected chi connectivity index (χ2v) is 9.98. The molecule has 0 aliphatic rings. The van der Waals surface area contributed by atoms with Gasteiger partial charge in [0.1, 0.15) is 6.07 Å². The topological polar surface area (TPSA) is 23.8 Å². The van der Waals surface area contributed by atoms with Gasteiger partial charge in [-0.05, 0) is 51.8 Å². The molecule has 2 heteroatoms. The van der Waals surface area contributed by atoms with Crippen LogP contribution < -0.4 is 0 Å². The number of nitrogens with zero attached hydrogens (tertiary/aromatic N) is 1. The number of benzene rings is 3. The van der Waals surface area contributed by atoms with Gasteiger partial charge in [-0.15, -0.1) is 0 Å². The van der Waals surface area contributed by atoms with Crippen LogP contribution in [0.25, 0.3) is 12.2 Å². The minimum Gasteiger partial charge on any atom is -0.192 e. The van der Waals surface area contributed by atoms with Gasteiger partial charge in [-0.25, -0.2) is 0 Å². The van der Waals surface area contributed by atoms with E-state index < -0.39 is 0 Å². The molecule has 0 spiro atoms. The van der Waals surface area contributed by atoms with Gasteiger partial charge in [0.2, 0.25) is 0 Å². The zero-order valence-electron chi connectivity index (χ0n) is 18.4. The first-order valence-corrected chi connectivity index (χ1v) is 11.2. The Labute approximate surface area is 185 Å². The molecular weight excluding hydrogens is 382 g/mol. The average molecular weight is 412 g/mol. The van der Waals surface area contributed by atoms with Crippen molar-refractivity contribution in [3.8, 4) is 6.07 Å². The monoisotopic (exact) mass is 411 g/mol. The Bertz CT molecular complexity index is 1060. The summed E-state index contributed by atoms with van der Waals surface area (Å²) in [6, 6.07) is 25.7. The first kappa shape index (κ1) is 21.9. The molecule has 3 aromatic carbocycles. The third kappa shape index (κ3) is 5.43. The fraction of sp³-hybridized carbons (Fsp3) is 0.250. The average Bonchev–Trinajstić information content (AvgIpc) is 2.72. The Kier molecular flexibility index (Phi) is 6.85. The largest absolute Gasteiger partial charge is 0.192 e. The van der Waals surface area contributed by atoms with Crippen molar-refractivity contribution >= 4 is 23.9 Å². The zero-order valence-corrected chi connectivity index (χ0v) is 19.3. The first-order valence-electron chi connectivity index (χ1n) is 10.4. The van der Waals surface area contributed by atoms with Crippen LogP contribution in [-0.4, -0.2) is 0 Å². The fourth-order valence-corrected chi connectivity index (χ4v) is 4.16. The molecule has 0 saturated heterocycles. The van der Waals surface area contributed by atoms with Gasteiger partial charge in [-0.3, -0.25) is 0 Å². The van der Waals surface area contributed by atoms with Crippen LogP contribution in [0.3, 0.4) is 0 Å². The Morgan fingerprint density at radius 1 is 0.867 bits per heavy atom. The molecule has 0 heterocycles. The van der Waals surface area contributed by atoms with Crippen LogP contribution >= 0.6 is 11.8 Å². The molecule has 0 bridgehead atoms. The van der Waals surface area contributed by atoms with Crippen LogP contribution in [0.15, 0.2) is 76.5 Å². The molecule has 0 fully saturated rings. The standard InChI is InChI=1S/C28H29NS/c1-20(2)22-13-17-25(18-14-22)30-27-8-6-7-23(26(27)19-29)12-9-21-10-15-24(16-11-21)28(3,4)5/h6-18,20H,1-5H3. The summed E-state index contributed by atoms with van der Waals surface area (Å²) in [6.07, 6.45) is 4.12. The van der Waals surface area contributed by atoms with Crippen molar-refractivity contribution in [1.82, 2.24) is 0 Å². The van der Waals surface area contributed by atoms with E-state index in [4.69, 9.17) is 0 Å². The summed E-state index contributed by atoms with van der Waals surface area (Å²) >= 11 is 1.64.